The first-order valence-electron chi connectivity index (χ1n) is 10.2. The fourth-order valence-electron chi connectivity index (χ4n) is 3.72. The maximum absolute atomic E-state index is 13.0. The Kier molecular flexibility index (Phi) is 6.51. The molecule has 0 saturated carbocycles. The van der Waals surface area contributed by atoms with E-state index in [0.29, 0.717) is 11.3 Å². The molecule has 2 aromatic carbocycles. The molecule has 31 heavy (non-hydrogen) atoms. The second kappa shape index (κ2) is 8.94. The van der Waals surface area contributed by atoms with Crippen molar-refractivity contribution < 1.29 is 24.2 Å². The van der Waals surface area contributed by atoms with Gasteiger partial charge in [-0.2, -0.15) is 0 Å². The van der Waals surface area contributed by atoms with Gasteiger partial charge in [0, 0.05) is 19.2 Å². The van der Waals surface area contributed by atoms with Gasteiger partial charge in [0.15, 0.2) is 0 Å². The first-order chi connectivity index (χ1) is 14.7. The van der Waals surface area contributed by atoms with E-state index in [9.17, 15) is 14.7 Å². The zero-order valence-corrected chi connectivity index (χ0v) is 18.6. The number of methoxy groups -OCH3 is 2. The lowest BCUT2D eigenvalue weighted by Gasteiger charge is -2.26. The molecule has 0 bridgehead atoms. The van der Waals surface area contributed by atoms with Gasteiger partial charge < -0.3 is 19.5 Å². The summed E-state index contributed by atoms with van der Waals surface area (Å²) in [5, 5.41) is 11.0. The Morgan fingerprint density at radius 1 is 1.00 bits per heavy atom. The lowest BCUT2D eigenvalue weighted by molar-refractivity contribution is -0.140. The predicted octanol–water partition coefficient (Wildman–Crippen LogP) is 4.06. The summed E-state index contributed by atoms with van der Waals surface area (Å²) < 4.78 is 10.3. The number of amides is 1. The summed E-state index contributed by atoms with van der Waals surface area (Å²) in [6, 6.07) is 13.9. The molecule has 1 aliphatic rings. The summed E-state index contributed by atoms with van der Waals surface area (Å²) in [4.78, 5) is 27.2. The largest absolute Gasteiger partial charge is 0.507 e. The van der Waals surface area contributed by atoms with E-state index >= 15 is 0 Å². The fourth-order valence-corrected chi connectivity index (χ4v) is 3.72. The molecule has 0 unspecified atom stereocenters. The van der Waals surface area contributed by atoms with Crippen molar-refractivity contribution in [1.82, 2.24) is 4.90 Å². The van der Waals surface area contributed by atoms with Gasteiger partial charge in [-0.1, -0.05) is 45.0 Å². The Morgan fingerprint density at radius 2 is 1.61 bits per heavy atom. The van der Waals surface area contributed by atoms with Crippen LogP contribution in [0.4, 0.5) is 0 Å². The monoisotopic (exact) mass is 423 g/mol. The molecule has 164 valence electrons. The highest BCUT2D eigenvalue weighted by Gasteiger charge is 2.45. The smallest absolute Gasteiger partial charge is 0.295 e. The first kappa shape index (κ1) is 22.6. The molecule has 1 heterocycles. The molecule has 1 aliphatic heterocycles. The average Bonchev–Trinajstić information content (AvgIpc) is 3.01. The third-order valence-electron chi connectivity index (χ3n) is 5.53. The molecule has 6 nitrogen and oxygen atoms in total. The van der Waals surface area contributed by atoms with E-state index in [4.69, 9.17) is 9.47 Å². The molecule has 2 aromatic rings. The van der Waals surface area contributed by atoms with Gasteiger partial charge in [-0.25, -0.2) is 0 Å². The second-order valence-corrected chi connectivity index (χ2v) is 8.59. The van der Waals surface area contributed by atoms with Gasteiger partial charge in [0.2, 0.25) is 0 Å². The first-order valence-corrected chi connectivity index (χ1v) is 10.2. The lowest BCUT2D eigenvalue weighted by atomic mass is 9.85. The van der Waals surface area contributed by atoms with Gasteiger partial charge in [0.25, 0.3) is 11.7 Å². The van der Waals surface area contributed by atoms with Crippen LogP contribution < -0.4 is 4.74 Å². The number of nitrogens with zero attached hydrogens (tertiary/aromatic N) is 1. The molecule has 0 spiro atoms. The molecule has 1 fully saturated rings. The van der Waals surface area contributed by atoms with Crippen LogP contribution in [-0.2, 0) is 19.7 Å². The van der Waals surface area contributed by atoms with E-state index in [0.717, 1.165) is 11.1 Å². The quantitative estimate of drug-likeness (QED) is 0.431. The molecule has 1 N–H and O–H groups in total. The fraction of sp³-hybridized carbons (Fsp3) is 0.360. The maximum atomic E-state index is 13.0. The summed E-state index contributed by atoms with van der Waals surface area (Å²) in [6.45, 7) is 6.89. The zero-order chi connectivity index (χ0) is 22.8. The summed E-state index contributed by atoms with van der Waals surface area (Å²) in [7, 11) is 3.10. The summed E-state index contributed by atoms with van der Waals surface area (Å²) in [6.07, 6.45) is 0. The van der Waals surface area contributed by atoms with Crippen LogP contribution in [0.1, 0.15) is 43.5 Å². The number of hydrogen-bond donors (Lipinski definition) is 1. The average molecular weight is 424 g/mol. The number of likely N-dealkylation sites (tertiary alicyclic amines) is 1. The number of aliphatic hydroxyl groups excluding tert-OH is 1. The van der Waals surface area contributed by atoms with Crippen molar-refractivity contribution >= 4 is 17.4 Å². The minimum atomic E-state index is -0.700. The van der Waals surface area contributed by atoms with Gasteiger partial charge in [0.1, 0.15) is 11.5 Å². The molecular weight excluding hydrogens is 394 g/mol. The molecule has 6 heteroatoms. The van der Waals surface area contributed by atoms with Crippen LogP contribution in [0.3, 0.4) is 0 Å². The summed E-state index contributed by atoms with van der Waals surface area (Å²) in [5.74, 6) is -0.913. The van der Waals surface area contributed by atoms with E-state index < -0.39 is 17.7 Å². The third-order valence-corrected chi connectivity index (χ3v) is 5.53. The van der Waals surface area contributed by atoms with Crippen LogP contribution >= 0.6 is 0 Å². The molecule has 3 rings (SSSR count). The highest BCUT2D eigenvalue weighted by Crippen LogP contribution is 2.40. The van der Waals surface area contributed by atoms with Crippen LogP contribution in [0.25, 0.3) is 5.76 Å². The van der Waals surface area contributed by atoms with Crippen molar-refractivity contribution in [3.8, 4) is 5.75 Å². The molecule has 0 aliphatic carbocycles. The number of hydrogen-bond acceptors (Lipinski definition) is 5. The number of rotatable bonds is 6. The highest BCUT2D eigenvalue weighted by molar-refractivity contribution is 6.46. The van der Waals surface area contributed by atoms with Gasteiger partial charge in [0.05, 0.1) is 25.3 Å². The molecule has 1 amide bonds. The van der Waals surface area contributed by atoms with E-state index in [-0.39, 0.29) is 29.9 Å². The van der Waals surface area contributed by atoms with Crippen molar-refractivity contribution in [2.24, 2.45) is 0 Å². The predicted molar refractivity (Wildman–Crippen MR) is 119 cm³/mol. The Labute approximate surface area is 183 Å². The second-order valence-electron chi connectivity index (χ2n) is 8.59. The van der Waals surface area contributed by atoms with Gasteiger partial charge in [-0.3, -0.25) is 9.59 Å². The number of aliphatic hydroxyl groups is 1. The van der Waals surface area contributed by atoms with E-state index in [1.54, 1.807) is 38.5 Å². The molecule has 0 radical (unpaired) electrons. The van der Waals surface area contributed by atoms with E-state index in [1.807, 2.05) is 24.3 Å². The minimum absolute atomic E-state index is 0.0283. The molecule has 1 atom stereocenters. The van der Waals surface area contributed by atoms with Crippen molar-refractivity contribution in [2.75, 3.05) is 27.4 Å². The Balaban J connectivity index is 2.12. The Bertz CT molecular complexity index is 984. The van der Waals surface area contributed by atoms with E-state index in [1.165, 1.54) is 4.90 Å². The standard InChI is InChI=1S/C25H29NO5/c1-25(2,3)18-10-6-16(7-11-18)21-20(23(28)24(29)26(21)14-15-30-4)22(27)17-8-12-19(31-5)13-9-17/h6-13,21,27H,14-15H2,1-5H3/t21-/m0/s1. The number of ketones is 1. The number of Topliss-reactive ketones (excluding diaryl/α,β-unsaturated/α-hetero) is 1. The van der Waals surface area contributed by atoms with Gasteiger partial charge >= 0.3 is 0 Å². The third kappa shape index (κ3) is 4.49. The number of carbonyl (C=O) groups excluding carboxylic acids is 2. The normalized spacial score (nSPS) is 18.5. The van der Waals surface area contributed by atoms with Crippen molar-refractivity contribution in [1.29, 1.82) is 0 Å². The Hall–Kier alpha value is -3.12. The summed E-state index contributed by atoms with van der Waals surface area (Å²) in [5.41, 5.74) is 2.40. The number of carbonyl (C=O) groups is 2. The lowest BCUT2D eigenvalue weighted by Crippen LogP contribution is -2.32. The molecular formula is C25H29NO5. The Morgan fingerprint density at radius 3 is 2.13 bits per heavy atom. The van der Waals surface area contributed by atoms with Crippen molar-refractivity contribution in [3.05, 3.63) is 70.8 Å². The van der Waals surface area contributed by atoms with Gasteiger partial charge in [-0.15, -0.1) is 0 Å². The SMILES string of the molecule is COCCN1C(=O)C(=O)C(=C(O)c2ccc(OC)cc2)[C@@H]1c1ccc(C(C)(C)C)cc1. The maximum Gasteiger partial charge on any atom is 0.295 e. The van der Waals surface area contributed by atoms with Crippen LogP contribution in [0.2, 0.25) is 0 Å². The van der Waals surface area contributed by atoms with Crippen LogP contribution in [0.5, 0.6) is 5.75 Å². The molecule has 1 saturated heterocycles. The topological polar surface area (TPSA) is 76.1 Å². The zero-order valence-electron chi connectivity index (χ0n) is 18.6. The molecule has 0 aromatic heterocycles. The summed E-state index contributed by atoms with van der Waals surface area (Å²) >= 11 is 0. The van der Waals surface area contributed by atoms with Crippen LogP contribution in [0.15, 0.2) is 54.1 Å². The van der Waals surface area contributed by atoms with E-state index in [2.05, 4.69) is 20.8 Å². The highest BCUT2D eigenvalue weighted by atomic mass is 16.5. The number of ether oxygens (including phenoxy) is 2. The van der Waals surface area contributed by atoms with Gasteiger partial charge in [-0.05, 0) is 40.8 Å². The number of benzene rings is 2. The van der Waals surface area contributed by atoms with Crippen molar-refractivity contribution in [3.63, 3.8) is 0 Å². The van der Waals surface area contributed by atoms with Crippen LogP contribution in [0, 0.1) is 0 Å². The minimum Gasteiger partial charge on any atom is -0.507 e. The van der Waals surface area contributed by atoms with Crippen molar-refractivity contribution in [2.45, 2.75) is 32.2 Å². The van der Waals surface area contributed by atoms with Crippen LogP contribution in [-0.4, -0.2) is 49.1 Å².